The Bertz CT molecular complexity index is 1680. The van der Waals surface area contributed by atoms with Gasteiger partial charge < -0.3 is 21.1 Å². The molecule has 0 aromatic carbocycles. The molecule has 13 heteroatoms. The molecule has 53 heavy (non-hydrogen) atoms. The van der Waals surface area contributed by atoms with E-state index in [4.69, 9.17) is 16.1 Å². The minimum atomic E-state index is -3.79. The molecule has 1 saturated heterocycles. The van der Waals surface area contributed by atoms with Gasteiger partial charge in [0.05, 0.1) is 5.69 Å². The summed E-state index contributed by atoms with van der Waals surface area (Å²) in [4.78, 5) is 28.0. The number of nitrogens with zero attached hydrogens (tertiary/aromatic N) is 4. The monoisotopic (exact) mass is 767 g/mol. The zero-order valence-electron chi connectivity index (χ0n) is 30.6. The number of fused-ring (bicyclic) bond motifs is 4. The summed E-state index contributed by atoms with van der Waals surface area (Å²) in [7, 11) is 5.51. The van der Waals surface area contributed by atoms with Crippen LogP contribution in [0.25, 0.3) is 0 Å². The van der Waals surface area contributed by atoms with Crippen LogP contribution in [-0.4, -0.2) is 60.1 Å². The van der Waals surface area contributed by atoms with Gasteiger partial charge in [0.25, 0.3) is 0 Å². The molecule has 1 aliphatic heterocycles. The molecule has 4 N–H and O–H groups in total. The fourth-order valence-electron chi connectivity index (χ4n) is 6.56. The number of aryl methyl sites for hydroxylation is 5. The Kier molecular flexibility index (Phi) is 22.1. The van der Waals surface area contributed by atoms with E-state index < -0.39 is 14.0 Å². The Morgan fingerprint density at radius 2 is 1.09 bits per heavy atom. The van der Waals surface area contributed by atoms with E-state index in [9.17, 15) is 4.79 Å². The van der Waals surface area contributed by atoms with Gasteiger partial charge in [-0.1, -0.05) is 25.6 Å². The number of hydrogen-bond acceptors (Lipinski definition) is 12. The van der Waals surface area contributed by atoms with Crippen molar-refractivity contribution in [3.05, 3.63) is 118 Å². The molecule has 12 nitrogen and oxygen atoms in total. The van der Waals surface area contributed by atoms with E-state index in [0.29, 0.717) is 18.5 Å². The largest absolute Gasteiger partial charge is 0.261 e. The van der Waals surface area contributed by atoms with Crippen LogP contribution in [0.15, 0.2) is 73.3 Å². The first kappa shape index (κ1) is 45.2. The molecule has 0 bridgehead atoms. The molecule has 4 aromatic heterocycles. The zero-order chi connectivity index (χ0) is 37.6. The van der Waals surface area contributed by atoms with Crippen LogP contribution in [0.2, 0.25) is 0 Å². The summed E-state index contributed by atoms with van der Waals surface area (Å²) in [6.07, 6.45) is 19.8. The van der Waals surface area contributed by atoms with Crippen molar-refractivity contribution in [2.24, 2.45) is 5.73 Å². The molecular weight excluding hydrogens is 710 g/mol. The van der Waals surface area contributed by atoms with Crippen LogP contribution in [0.3, 0.4) is 0 Å². The predicted molar refractivity (Wildman–Crippen MR) is 201 cm³/mol. The van der Waals surface area contributed by atoms with E-state index in [-0.39, 0.29) is 13.2 Å². The van der Waals surface area contributed by atoms with E-state index in [1.165, 1.54) is 85.8 Å². The number of ether oxygens (including phenoxy) is 1. The van der Waals surface area contributed by atoms with Gasteiger partial charge in [0, 0.05) is 79.2 Å². The van der Waals surface area contributed by atoms with Gasteiger partial charge in [-0.05, 0) is 132 Å². The molecule has 0 amide bonds. The number of nitrogens with one attached hydrogen (secondary N) is 2. The van der Waals surface area contributed by atoms with Crippen molar-refractivity contribution in [2.45, 2.75) is 90.1 Å². The average molecular weight is 768 g/mol. The van der Waals surface area contributed by atoms with Gasteiger partial charge in [-0.3, -0.25) is 24.7 Å². The van der Waals surface area contributed by atoms with Crippen molar-refractivity contribution < 1.29 is 34.9 Å². The number of hydrogen-bond donors (Lipinski definition) is 3. The quantitative estimate of drug-likeness (QED) is 0.217. The second-order valence-electron chi connectivity index (χ2n) is 12.2. The van der Waals surface area contributed by atoms with Crippen molar-refractivity contribution in [3.8, 4) is 0 Å². The number of pyridine rings is 4. The third kappa shape index (κ3) is 15.1. The minimum Gasteiger partial charge on any atom is -0.261 e. The molecule has 2 unspecified atom stereocenters. The molecule has 288 valence electrons. The fourth-order valence-corrected chi connectivity index (χ4v) is 6.56. The number of ketones is 1. The van der Waals surface area contributed by atoms with Gasteiger partial charge in [0.2, 0.25) is 0 Å². The van der Waals surface area contributed by atoms with Gasteiger partial charge in [-0.2, -0.15) is 0 Å². The second-order valence-corrected chi connectivity index (χ2v) is 12.9. The van der Waals surface area contributed by atoms with Crippen molar-refractivity contribution in [1.82, 2.24) is 30.6 Å². The molecule has 0 radical (unpaired) electrons. The Morgan fingerprint density at radius 3 is 1.55 bits per heavy atom. The average Bonchev–Trinajstić information content (AvgIpc) is 4.04. The molecule has 4 aliphatic carbocycles. The molecule has 5 heterocycles. The van der Waals surface area contributed by atoms with Crippen LogP contribution in [0.5, 0.6) is 0 Å². The van der Waals surface area contributed by atoms with Crippen LogP contribution >= 0.6 is 0 Å². The van der Waals surface area contributed by atoms with Gasteiger partial charge in [-0.25, -0.2) is 0 Å². The Morgan fingerprint density at radius 1 is 0.623 bits per heavy atom. The molecule has 9 rings (SSSR count). The first-order valence-electron chi connectivity index (χ1n) is 17.9. The SMILES string of the molecule is C.C1CCOC1.CN.CNC1CCc2ncccc21.CNC1CCc2ncccc21.O=C1CCc2ncccc21.[O]=[Cr](=[O])=[O].c1cnc2c(c1)CCC2. The summed E-state index contributed by atoms with van der Waals surface area (Å²) in [5.41, 5.74) is 14.4. The number of Topliss-reactive ketones (excluding diaryl/α,β-unsaturated/α-hetero) is 1. The number of carbonyl (C=O) groups is 1. The maximum Gasteiger partial charge on any atom is 0.0435 e. The van der Waals surface area contributed by atoms with E-state index in [0.717, 1.165) is 43.7 Å². The Balaban J connectivity index is 0.000000223. The molecule has 0 saturated carbocycles. The first-order valence-corrected chi connectivity index (χ1v) is 19.5. The minimum absolute atomic E-state index is 0. The van der Waals surface area contributed by atoms with Crippen LogP contribution in [0.4, 0.5) is 0 Å². The van der Waals surface area contributed by atoms with Gasteiger partial charge in [0.1, 0.15) is 0 Å². The topological polar surface area (TPSA) is 179 Å². The smallest absolute Gasteiger partial charge is 0.0435 e. The Labute approximate surface area is 318 Å². The molecular formula is C40H57CrN7O5. The number of aromatic nitrogens is 4. The summed E-state index contributed by atoms with van der Waals surface area (Å²) < 4.78 is 30.6. The third-order valence-corrected chi connectivity index (χ3v) is 9.09. The summed E-state index contributed by atoms with van der Waals surface area (Å²) >= 11 is -3.79. The molecule has 2 atom stereocenters. The van der Waals surface area contributed by atoms with E-state index in [1.54, 1.807) is 6.20 Å². The summed E-state index contributed by atoms with van der Waals surface area (Å²) in [5, 5.41) is 6.56. The van der Waals surface area contributed by atoms with Crippen LogP contribution < -0.4 is 16.4 Å². The van der Waals surface area contributed by atoms with Gasteiger partial charge in [-0.15, -0.1) is 0 Å². The Hall–Kier alpha value is -3.96. The van der Waals surface area contributed by atoms with Gasteiger partial charge >= 0.3 is 25.4 Å². The molecule has 1 fully saturated rings. The van der Waals surface area contributed by atoms with Gasteiger partial charge in [0.15, 0.2) is 5.78 Å². The molecule has 0 spiro atoms. The summed E-state index contributed by atoms with van der Waals surface area (Å²) in [6, 6.07) is 17.3. The van der Waals surface area contributed by atoms with E-state index >= 15 is 0 Å². The van der Waals surface area contributed by atoms with Crippen molar-refractivity contribution in [3.63, 3.8) is 0 Å². The van der Waals surface area contributed by atoms with Crippen molar-refractivity contribution in [1.29, 1.82) is 0 Å². The van der Waals surface area contributed by atoms with Crippen LogP contribution in [0, 0.1) is 0 Å². The van der Waals surface area contributed by atoms with Crippen LogP contribution in [0.1, 0.15) is 108 Å². The maximum absolute atomic E-state index is 11.0. The van der Waals surface area contributed by atoms with Crippen molar-refractivity contribution in [2.75, 3.05) is 34.4 Å². The maximum atomic E-state index is 11.0. The zero-order valence-corrected chi connectivity index (χ0v) is 31.9. The molecule has 5 aliphatic rings. The standard InChI is InChI=1S/2C9H12N2.C8H7NO.C8H9N.C4H8O.CH5N.CH4.Cr.3O/c2*1-10-8-4-5-9-7(8)3-2-6-11-9;10-8-4-3-7-6(8)2-1-5-9-7;1-3-7-4-2-6-9-8(7)5-1;1-2-4-5-3-1;1-2;;;;;/h2*2-3,6,8,10H,4-5H2,1H3;1-2,5H,3-4H2;2,4,6H,1,3,5H2;1-4H2;2H2,1H3;1H4;;;;. The van der Waals surface area contributed by atoms with E-state index in [2.05, 4.69) is 54.5 Å². The predicted octanol–water partition coefficient (Wildman–Crippen LogP) is 6.01. The number of carbonyl (C=O) groups excluding carboxylic acids is 1. The van der Waals surface area contributed by atoms with Crippen molar-refractivity contribution >= 4 is 5.78 Å². The van der Waals surface area contributed by atoms with E-state index in [1.807, 2.05) is 63.0 Å². The molecule has 4 aromatic rings. The third-order valence-electron chi connectivity index (χ3n) is 9.09. The fraction of sp³-hybridized carbons (Fsp3) is 0.475. The summed E-state index contributed by atoms with van der Waals surface area (Å²) in [5.74, 6) is 0.239. The summed E-state index contributed by atoms with van der Waals surface area (Å²) in [6.45, 7) is 2.00. The van der Waals surface area contributed by atoms with Crippen LogP contribution in [-0.2, 0) is 62.2 Å². The second kappa shape index (κ2) is 25.9. The normalized spacial score (nSPS) is 17.4. The number of rotatable bonds is 2. The number of nitrogens with two attached hydrogens (primary N) is 1. The first-order chi connectivity index (χ1) is 25.4.